The zero-order chi connectivity index (χ0) is 20.7. The monoisotopic (exact) mass is 404 g/mol. The number of amides is 1. The van der Waals surface area contributed by atoms with Gasteiger partial charge in [-0.3, -0.25) is 4.79 Å². The Morgan fingerprint density at radius 2 is 1.68 bits per heavy atom. The number of nitrogens with one attached hydrogen (secondary N) is 1. The molecule has 0 radical (unpaired) electrons. The maximum atomic E-state index is 12.5. The molecule has 0 aliphatic heterocycles. The second-order valence-electron chi connectivity index (χ2n) is 6.86. The molecule has 152 valence electrons. The summed E-state index contributed by atoms with van der Waals surface area (Å²) >= 11 is 0. The third-order valence-corrected chi connectivity index (χ3v) is 6.11. The smallest absolute Gasteiger partial charge is 0.262 e. The number of nitrogens with zero attached hydrogens (tertiary/aromatic N) is 1. The van der Waals surface area contributed by atoms with Crippen molar-refractivity contribution in [3.63, 3.8) is 0 Å². The number of carbonyl (C=O) groups is 1. The highest BCUT2D eigenvalue weighted by molar-refractivity contribution is 7.89. The number of rotatable bonds is 9. The van der Waals surface area contributed by atoms with E-state index in [-0.39, 0.29) is 17.4 Å². The first-order valence-corrected chi connectivity index (χ1v) is 10.7. The highest BCUT2D eigenvalue weighted by Crippen LogP contribution is 2.19. The van der Waals surface area contributed by atoms with Crippen LogP contribution in [-0.4, -0.2) is 38.8 Å². The largest absolute Gasteiger partial charge is 0.484 e. The summed E-state index contributed by atoms with van der Waals surface area (Å²) in [6.07, 6.45) is 1.74. The summed E-state index contributed by atoms with van der Waals surface area (Å²) in [4.78, 5) is 12.3. The zero-order valence-corrected chi connectivity index (χ0v) is 17.7. The molecular formula is C21H28N2O4S. The number of benzene rings is 2. The van der Waals surface area contributed by atoms with Crippen LogP contribution < -0.4 is 10.1 Å². The predicted molar refractivity (Wildman–Crippen MR) is 111 cm³/mol. The van der Waals surface area contributed by atoms with Gasteiger partial charge >= 0.3 is 0 Å². The van der Waals surface area contributed by atoms with Gasteiger partial charge in [0, 0.05) is 19.3 Å². The Kier molecular flexibility index (Phi) is 7.60. The highest BCUT2D eigenvalue weighted by Gasteiger charge is 2.20. The Labute approximate surface area is 167 Å². The fourth-order valence-corrected chi connectivity index (χ4v) is 3.96. The first kappa shape index (κ1) is 21.9. The van der Waals surface area contributed by atoms with E-state index in [4.69, 9.17) is 4.74 Å². The molecule has 0 fully saturated rings. The fraction of sp³-hybridized carbons (Fsp3) is 0.381. The van der Waals surface area contributed by atoms with Crippen molar-refractivity contribution in [3.8, 4) is 5.75 Å². The lowest BCUT2D eigenvalue weighted by molar-refractivity contribution is -0.118. The standard InChI is InChI=1S/C21H28N2O4S/c1-5-6-11-23(4)28(25,26)20-9-7-18(8-10-20)22-21(24)15-27-19-13-16(2)12-17(3)14-19/h7-10,12-14H,5-6,11,15H2,1-4H3,(H,22,24). The van der Waals surface area contributed by atoms with Crippen LogP contribution in [-0.2, 0) is 14.8 Å². The van der Waals surface area contributed by atoms with Gasteiger partial charge in [0.25, 0.3) is 5.91 Å². The molecule has 7 heteroatoms. The van der Waals surface area contributed by atoms with E-state index in [9.17, 15) is 13.2 Å². The van der Waals surface area contributed by atoms with E-state index in [2.05, 4.69) is 5.32 Å². The molecule has 0 unspecified atom stereocenters. The molecule has 0 aromatic heterocycles. The van der Waals surface area contributed by atoms with Gasteiger partial charge in [-0.2, -0.15) is 0 Å². The molecule has 0 saturated heterocycles. The van der Waals surface area contributed by atoms with E-state index in [1.54, 1.807) is 19.2 Å². The summed E-state index contributed by atoms with van der Waals surface area (Å²) in [5.41, 5.74) is 2.65. The van der Waals surface area contributed by atoms with Crippen LogP contribution in [0.4, 0.5) is 5.69 Å². The molecule has 0 saturated carbocycles. The quantitative estimate of drug-likeness (QED) is 0.691. The van der Waals surface area contributed by atoms with Gasteiger partial charge in [0.1, 0.15) is 5.75 Å². The van der Waals surface area contributed by atoms with E-state index in [0.29, 0.717) is 18.0 Å². The van der Waals surface area contributed by atoms with Gasteiger partial charge in [-0.25, -0.2) is 12.7 Å². The van der Waals surface area contributed by atoms with Crippen molar-refractivity contribution < 1.29 is 17.9 Å². The average Bonchev–Trinajstić information content (AvgIpc) is 2.64. The molecular weight excluding hydrogens is 376 g/mol. The molecule has 0 aliphatic rings. The van der Waals surface area contributed by atoms with E-state index in [1.807, 2.05) is 39.0 Å². The molecule has 28 heavy (non-hydrogen) atoms. The Balaban J connectivity index is 1.95. The van der Waals surface area contributed by atoms with Crippen LogP contribution in [0.15, 0.2) is 47.4 Å². The first-order chi connectivity index (χ1) is 13.2. The number of anilines is 1. The lowest BCUT2D eigenvalue weighted by Crippen LogP contribution is -2.28. The van der Waals surface area contributed by atoms with Crippen LogP contribution >= 0.6 is 0 Å². The minimum absolute atomic E-state index is 0.122. The van der Waals surface area contributed by atoms with Crippen molar-refractivity contribution in [1.29, 1.82) is 0 Å². The van der Waals surface area contributed by atoms with Crippen LogP contribution in [0.5, 0.6) is 5.75 Å². The number of sulfonamides is 1. The van der Waals surface area contributed by atoms with Crippen molar-refractivity contribution in [2.45, 2.75) is 38.5 Å². The number of hydrogen-bond acceptors (Lipinski definition) is 4. The third-order valence-electron chi connectivity index (χ3n) is 4.24. The van der Waals surface area contributed by atoms with Crippen LogP contribution in [0.2, 0.25) is 0 Å². The molecule has 2 aromatic rings. The van der Waals surface area contributed by atoms with Gasteiger partial charge in [0.05, 0.1) is 4.90 Å². The molecule has 0 spiro atoms. The number of ether oxygens (including phenoxy) is 1. The van der Waals surface area contributed by atoms with Gasteiger partial charge < -0.3 is 10.1 Å². The summed E-state index contributed by atoms with van der Waals surface area (Å²) in [6.45, 7) is 6.31. The SMILES string of the molecule is CCCCN(C)S(=O)(=O)c1ccc(NC(=O)COc2cc(C)cc(C)c2)cc1. The predicted octanol–water partition coefficient (Wildman–Crippen LogP) is 3.74. The lowest BCUT2D eigenvalue weighted by atomic mass is 10.1. The third kappa shape index (κ3) is 6.07. The molecule has 0 heterocycles. The zero-order valence-electron chi connectivity index (χ0n) is 16.9. The molecule has 0 atom stereocenters. The van der Waals surface area contributed by atoms with Crippen molar-refractivity contribution >= 4 is 21.6 Å². The summed E-state index contributed by atoms with van der Waals surface area (Å²) in [7, 11) is -1.94. The van der Waals surface area contributed by atoms with E-state index in [0.717, 1.165) is 24.0 Å². The van der Waals surface area contributed by atoms with Gasteiger partial charge in [0.15, 0.2) is 6.61 Å². The van der Waals surface area contributed by atoms with Gasteiger partial charge in [-0.05, 0) is 67.8 Å². The minimum atomic E-state index is -3.51. The number of hydrogen-bond donors (Lipinski definition) is 1. The van der Waals surface area contributed by atoms with Crippen LogP contribution in [0.1, 0.15) is 30.9 Å². The van der Waals surface area contributed by atoms with Crippen LogP contribution in [0.3, 0.4) is 0 Å². The lowest BCUT2D eigenvalue weighted by Gasteiger charge is -2.17. The first-order valence-electron chi connectivity index (χ1n) is 9.29. The highest BCUT2D eigenvalue weighted by atomic mass is 32.2. The molecule has 2 rings (SSSR count). The molecule has 0 bridgehead atoms. The molecule has 2 aromatic carbocycles. The second-order valence-corrected chi connectivity index (χ2v) is 8.91. The summed E-state index contributed by atoms with van der Waals surface area (Å²) in [6, 6.07) is 11.9. The van der Waals surface area contributed by atoms with E-state index >= 15 is 0 Å². The Morgan fingerprint density at radius 1 is 1.07 bits per heavy atom. The van der Waals surface area contributed by atoms with Crippen molar-refractivity contribution in [2.24, 2.45) is 0 Å². The van der Waals surface area contributed by atoms with E-state index in [1.165, 1.54) is 16.4 Å². The second kappa shape index (κ2) is 9.71. The Bertz CT molecular complexity index is 888. The summed E-state index contributed by atoms with van der Waals surface area (Å²) in [5.74, 6) is 0.332. The maximum Gasteiger partial charge on any atom is 0.262 e. The Morgan fingerprint density at radius 3 is 2.25 bits per heavy atom. The average molecular weight is 405 g/mol. The van der Waals surface area contributed by atoms with Crippen molar-refractivity contribution in [3.05, 3.63) is 53.6 Å². The summed E-state index contributed by atoms with van der Waals surface area (Å²) < 4.78 is 31.9. The van der Waals surface area contributed by atoms with Crippen molar-refractivity contribution in [2.75, 3.05) is 25.5 Å². The van der Waals surface area contributed by atoms with Crippen LogP contribution in [0, 0.1) is 13.8 Å². The van der Waals surface area contributed by atoms with Crippen LogP contribution in [0.25, 0.3) is 0 Å². The summed E-state index contributed by atoms with van der Waals surface area (Å²) in [5, 5.41) is 2.71. The normalized spacial score (nSPS) is 11.5. The molecule has 1 N–H and O–H groups in total. The molecule has 1 amide bonds. The Hall–Kier alpha value is -2.38. The van der Waals surface area contributed by atoms with Crippen molar-refractivity contribution in [1.82, 2.24) is 4.31 Å². The van der Waals surface area contributed by atoms with Gasteiger partial charge in [-0.1, -0.05) is 19.4 Å². The molecule has 0 aliphatic carbocycles. The maximum absolute atomic E-state index is 12.5. The van der Waals surface area contributed by atoms with Gasteiger partial charge in [-0.15, -0.1) is 0 Å². The number of carbonyl (C=O) groups excluding carboxylic acids is 1. The topological polar surface area (TPSA) is 75.7 Å². The van der Waals surface area contributed by atoms with Gasteiger partial charge in [0.2, 0.25) is 10.0 Å². The number of unbranched alkanes of at least 4 members (excludes halogenated alkanes) is 1. The minimum Gasteiger partial charge on any atom is -0.484 e. The number of aryl methyl sites for hydroxylation is 2. The fourth-order valence-electron chi connectivity index (χ4n) is 2.75. The molecule has 6 nitrogen and oxygen atoms in total. The van der Waals surface area contributed by atoms with E-state index < -0.39 is 10.0 Å².